The molecular formula is C18H22N6O3. The molecular weight excluding hydrogens is 348 g/mol. The number of nitrogens with zero attached hydrogens (tertiary/aromatic N) is 6. The first-order valence-electron chi connectivity index (χ1n) is 8.94. The van der Waals surface area contributed by atoms with Crippen molar-refractivity contribution in [1.29, 1.82) is 0 Å². The van der Waals surface area contributed by atoms with Gasteiger partial charge in [-0.25, -0.2) is 4.98 Å². The zero-order valence-electron chi connectivity index (χ0n) is 15.5. The standard InChI is InChI=1S/C18H22N6O3/c1-13-20-18(27-21-13)23-7-5-22(6-8-23)14-3-4-15-16(11-14)19-12-24(17(15)25)9-10-26-2/h3-4,11-12H,5-10H2,1-2H3. The van der Waals surface area contributed by atoms with Gasteiger partial charge in [0.2, 0.25) is 0 Å². The highest BCUT2D eigenvalue weighted by atomic mass is 16.5. The van der Waals surface area contributed by atoms with Crippen LogP contribution in [0.4, 0.5) is 11.7 Å². The number of piperazine rings is 1. The third kappa shape index (κ3) is 3.50. The van der Waals surface area contributed by atoms with Gasteiger partial charge in [0.15, 0.2) is 5.82 Å². The lowest BCUT2D eigenvalue weighted by Gasteiger charge is -2.35. The summed E-state index contributed by atoms with van der Waals surface area (Å²) in [5.41, 5.74) is 1.73. The van der Waals surface area contributed by atoms with E-state index in [1.54, 1.807) is 18.0 Å². The van der Waals surface area contributed by atoms with Gasteiger partial charge < -0.3 is 19.1 Å². The Morgan fingerprint density at radius 1 is 1.19 bits per heavy atom. The average Bonchev–Trinajstić information content (AvgIpc) is 3.14. The van der Waals surface area contributed by atoms with Crippen LogP contribution >= 0.6 is 0 Å². The van der Waals surface area contributed by atoms with E-state index in [0.29, 0.717) is 35.9 Å². The molecule has 0 atom stereocenters. The molecule has 27 heavy (non-hydrogen) atoms. The van der Waals surface area contributed by atoms with Gasteiger partial charge in [-0.3, -0.25) is 9.36 Å². The Bertz CT molecular complexity index is 990. The van der Waals surface area contributed by atoms with Gasteiger partial charge in [-0.2, -0.15) is 4.98 Å². The van der Waals surface area contributed by atoms with E-state index in [1.807, 2.05) is 25.1 Å². The Morgan fingerprint density at radius 2 is 1.96 bits per heavy atom. The minimum atomic E-state index is -0.0415. The highest BCUT2D eigenvalue weighted by molar-refractivity contribution is 5.81. The molecule has 1 aromatic carbocycles. The molecule has 1 aliphatic rings. The normalized spacial score (nSPS) is 14.9. The number of ether oxygens (including phenoxy) is 1. The molecule has 9 heteroatoms. The van der Waals surface area contributed by atoms with Crippen LogP contribution in [0.2, 0.25) is 0 Å². The van der Waals surface area contributed by atoms with E-state index >= 15 is 0 Å². The Hall–Kier alpha value is -2.94. The van der Waals surface area contributed by atoms with Crippen molar-refractivity contribution in [2.45, 2.75) is 13.5 Å². The third-order valence-electron chi connectivity index (χ3n) is 4.78. The van der Waals surface area contributed by atoms with Gasteiger partial charge in [-0.1, -0.05) is 5.16 Å². The van der Waals surface area contributed by atoms with Crippen molar-refractivity contribution in [2.24, 2.45) is 0 Å². The van der Waals surface area contributed by atoms with Gasteiger partial charge in [0.25, 0.3) is 5.56 Å². The highest BCUT2D eigenvalue weighted by Crippen LogP contribution is 2.22. The van der Waals surface area contributed by atoms with Crippen LogP contribution < -0.4 is 15.4 Å². The van der Waals surface area contributed by atoms with Crippen LogP contribution in [0.5, 0.6) is 0 Å². The number of fused-ring (bicyclic) bond motifs is 1. The molecule has 4 rings (SSSR count). The Morgan fingerprint density at radius 3 is 2.67 bits per heavy atom. The lowest BCUT2D eigenvalue weighted by Crippen LogP contribution is -2.46. The predicted molar refractivity (Wildman–Crippen MR) is 101 cm³/mol. The molecule has 0 radical (unpaired) electrons. The van der Waals surface area contributed by atoms with Crippen LogP contribution in [-0.2, 0) is 11.3 Å². The zero-order valence-corrected chi connectivity index (χ0v) is 15.5. The summed E-state index contributed by atoms with van der Waals surface area (Å²) >= 11 is 0. The summed E-state index contributed by atoms with van der Waals surface area (Å²) in [7, 11) is 1.62. The van der Waals surface area contributed by atoms with Gasteiger partial charge in [-0.05, 0) is 25.1 Å². The molecule has 1 fully saturated rings. The van der Waals surface area contributed by atoms with Crippen LogP contribution in [0.25, 0.3) is 10.9 Å². The summed E-state index contributed by atoms with van der Waals surface area (Å²) in [6.07, 6.45) is 1.59. The minimum absolute atomic E-state index is 0.0415. The van der Waals surface area contributed by atoms with E-state index in [9.17, 15) is 4.79 Å². The molecule has 0 bridgehead atoms. The van der Waals surface area contributed by atoms with Gasteiger partial charge in [0.1, 0.15) is 0 Å². The SMILES string of the molecule is COCCn1cnc2cc(N3CCN(c4nc(C)no4)CC3)ccc2c1=O. The minimum Gasteiger partial charge on any atom is -0.383 e. The quantitative estimate of drug-likeness (QED) is 0.659. The van der Waals surface area contributed by atoms with Crippen molar-refractivity contribution >= 4 is 22.6 Å². The second-order valence-electron chi connectivity index (χ2n) is 6.54. The molecule has 0 spiro atoms. The summed E-state index contributed by atoms with van der Waals surface area (Å²) in [6.45, 7) is 6.05. The molecule has 0 aliphatic carbocycles. The molecule has 3 heterocycles. The smallest absolute Gasteiger partial charge is 0.324 e. The molecule has 0 N–H and O–H groups in total. The maximum absolute atomic E-state index is 12.5. The fourth-order valence-corrected chi connectivity index (χ4v) is 3.26. The van der Waals surface area contributed by atoms with Crippen LogP contribution in [0.15, 0.2) is 33.8 Å². The number of rotatable bonds is 5. The summed E-state index contributed by atoms with van der Waals surface area (Å²) in [5, 5.41) is 4.47. The van der Waals surface area contributed by atoms with E-state index in [1.165, 1.54) is 0 Å². The summed E-state index contributed by atoms with van der Waals surface area (Å²) in [5.74, 6) is 0.643. The van der Waals surface area contributed by atoms with Crippen molar-refractivity contribution in [2.75, 3.05) is 49.7 Å². The predicted octanol–water partition coefficient (Wildman–Crippen LogP) is 1.06. The number of aryl methyl sites for hydroxylation is 1. The molecule has 3 aromatic rings. The van der Waals surface area contributed by atoms with Crippen LogP contribution in [0.1, 0.15) is 5.82 Å². The van der Waals surface area contributed by atoms with E-state index in [0.717, 1.165) is 31.9 Å². The van der Waals surface area contributed by atoms with Crippen molar-refractivity contribution in [3.05, 3.63) is 40.7 Å². The van der Waals surface area contributed by atoms with Crippen LogP contribution in [0.3, 0.4) is 0 Å². The van der Waals surface area contributed by atoms with Crippen molar-refractivity contribution in [3.8, 4) is 0 Å². The average molecular weight is 370 g/mol. The maximum Gasteiger partial charge on any atom is 0.324 e. The fourth-order valence-electron chi connectivity index (χ4n) is 3.26. The first-order chi connectivity index (χ1) is 13.2. The topological polar surface area (TPSA) is 89.5 Å². The number of anilines is 2. The molecule has 0 amide bonds. The van der Waals surface area contributed by atoms with Gasteiger partial charge >= 0.3 is 6.01 Å². The molecule has 0 saturated carbocycles. The molecule has 142 valence electrons. The Balaban J connectivity index is 1.50. The lowest BCUT2D eigenvalue weighted by molar-refractivity contribution is 0.186. The number of methoxy groups -OCH3 is 1. The number of aromatic nitrogens is 4. The van der Waals surface area contributed by atoms with Gasteiger partial charge in [-0.15, -0.1) is 0 Å². The van der Waals surface area contributed by atoms with Gasteiger partial charge in [0.05, 0.1) is 30.4 Å². The van der Waals surface area contributed by atoms with E-state index < -0.39 is 0 Å². The van der Waals surface area contributed by atoms with E-state index in [4.69, 9.17) is 9.26 Å². The molecule has 1 saturated heterocycles. The zero-order chi connectivity index (χ0) is 18.8. The highest BCUT2D eigenvalue weighted by Gasteiger charge is 2.21. The van der Waals surface area contributed by atoms with Crippen molar-refractivity contribution in [1.82, 2.24) is 19.7 Å². The molecule has 1 aliphatic heterocycles. The summed E-state index contributed by atoms with van der Waals surface area (Å²) in [6, 6.07) is 6.39. The maximum atomic E-state index is 12.5. The molecule has 2 aromatic heterocycles. The largest absolute Gasteiger partial charge is 0.383 e. The third-order valence-corrected chi connectivity index (χ3v) is 4.78. The lowest BCUT2D eigenvalue weighted by atomic mass is 10.2. The van der Waals surface area contributed by atoms with E-state index in [2.05, 4.69) is 24.9 Å². The second kappa shape index (κ2) is 7.36. The van der Waals surface area contributed by atoms with Crippen molar-refractivity contribution < 1.29 is 9.26 Å². The van der Waals surface area contributed by atoms with Gasteiger partial charge in [0, 0.05) is 39.0 Å². The first kappa shape index (κ1) is 17.5. The molecule has 9 nitrogen and oxygen atoms in total. The summed E-state index contributed by atoms with van der Waals surface area (Å²) < 4.78 is 11.9. The van der Waals surface area contributed by atoms with Crippen molar-refractivity contribution in [3.63, 3.8) is 0 Å². The fraction of sp³-hybridized carbons (Fsp3) is 0.444. The van der Waals surface area contributed by atoms with Crippen LogP contribution in [-0.4, -0.2) is 59.6 Å². The second-order valence-corrected chi connectivity index (χ2v) is 6.54. The number of hydrogen-bond donors (Lipinski definition) is 0. The monoisotopic (exact) mass is 370 g/mol. The Kier molecular flexibility index (Phi) is 4.76. The summed E-state index contributed by atoms with van der Waals surface area (Å²) in [4.78, 5) is 25.6. The molecule has 0 unspecified atom stereocenters. The number of hydrogen-bond acceptors (Lipinski definition) is 8. The van der Waals surface area contributed by atoms with E-state index in [-0.39, 0.29) is 5.56 Å². The Labute approximate surface area is 156 Å². The number of benzene rings is 1. The van der Waals surface area contributed by atoms with Crippen LogP contribution in [0, 0.1) is 6.92 Å². The first-order valence-corrected chi connectivity index (χ1v) is 8.94.